The highest BCUT2D eigenvalue weighted by Gasteiger charge is 2.59. The number of nitrogens with zero attached hydrogens (tertiary/aromatic N) is 1. The van der Waals surface area contributed by atoms with E-state index in [9.17, 15) is 19.5 Å². The molecule has 1 aromatic carbocycles. The van der Waals surface area contributed by atoms with E-state index in [2.05, 4.69) is 30.4 Å². The van der Waals surface area contributed by atoms with Gasteiger partial charge < -0.3 is 20.0 Å². The van der Waals surface area contributed by atoms with Crippen LogP contribution < -0.4 is 5.32 Å². The van der Waals surface area contributed by atoms with Crippen molar-refractivity contribution in [3.63, 3.8) is 0 Å². The second-order valence-electron chi connectivity index (χ2n) is 13.4. The van der Waals surface area contributed by atoms with Crippen molar-refractivity contribution in [1.29, 1.82) is 0 Å². The fourth-order valence-corrected chi connectivity index (χ4v) is 9.02. The van der Waals surface area contributed by atoms with Gasteiger partial charge in [-0.05, 0) is 118 Å². The second kappa shape index (κ2) is 12.2. The van der Waals surface area contributed by atoms with Gasteiger partial charge in [-0.15, -0.1) is 0 Å². The molecule has 8 nitrogen and oxygen atoms in total. The number of hydrogen-bond donors (Lipinski definition) is 2. The number of esters is 1. The van der Waals surface area contributed by atoms with E-state index in [1.807, 2.05) is 0 Å². The number of ketones is 1. The molecule has 8 heteroatoms. The molecule has 5 rings (SSSR count). The van der Waals surface area contributed by atoms with Gasteiger partial charge in [0.15, 0.2) is 6.61 Å². The summed E-state index contributed by atoms with van der Waals surface area (Å²) < 4.78 is 5.15. The van der Waals surface area contributed by atoms with E-state index in [0.29, 0.717) is 23.5 Å². The lowest BCUT2D eigenvalue weighted by molar-refractivity contribution is -0.147. The van der Waals surface area contributed by atoms with Crippen molar-refractivity contribution >= 4 is 23.4 Å². The minimum atomic E-state index is -0.867. The summed E-state index contributed by atoms with van der Waals surface area (Å²) in [5.41, 5.74) is 3.40. The van der Waals surface area contributed by atoms with Crippen molar-refractivity contribution in [2.24, 2.45) is 39.7 Å². The maximum absolute atomic E-state index is 12.7. The third kappa shape index (κ3) is 5.86. The number of allylic oxidation sites excluding steroid dienone is 2. The summed E-state index contributed by atoms with van der Waals surface area (Å²) in [5.74, 6) is 1.74. The Kier molecular flexibility index (Phi) is 8.81. The Morgan fingerprint density at radius 3 is 2.52 bits per heavy atom. The minimum Gasteiger partial charge on any atom is -0.508 e. The largest absolute Gasteiger partial charge is 0.508 e. The summed E-state index contributed by atoms with van der Waals surface area (Å²) in [4.78, 5) is 43.1. The fraction of sp³-hybridized carbons (Fsp3) is 0.647. The van der Waals surface area contributed by atoms with E-state index in [4.69, 9.17) is 9.57 Å². The van der Waals surface area contributed by atoms with Crippen LogP contribution in [0.4, 0.5) is 0 Å². The van der Waals surface area contributed by atoms with Crippen LogP contribution in [-0.4, -0.2) is 47.7 Å². The molecule has 0 spiro atoms. The Hall–Kier alpha value is -3.16. The average Bonchev–Trinajstić information content (AvgIpc) is 3.31. The number of amides is 1. The number of carbonyl (C=O) groups is 3. The summed E-state index contributed by atoms with van der Waals surface area (Å²) in [6, 6.07) is 5.62. The quantitative estimate of drug-likeness (QED) is 0.295. The predicted octanol–water partition coefficient (Wildman–Crippen LogP) is 5.52. The second-order valence-corrected chi connectivity index (χ2v) is 13.4. The number of rotatable bonds is 9. The van der Waals surface area contributed by atoms with Crippen molar-refractivity contribution in [3.8, 4) is 5.75 Å². The Morgan fingerprint density at radius 2 is 1.81 bits per heavy atom. The normalized spacial score (nSPS) is 33.4. The summed E-state index contributed by atoms with van der Waals surface area (Å²) >= 11 is 0. The van der Waals surface area contributed by atoms with Crippen LogP contribution in [0.25, 0.3) is 0 Å². The molecule has 0 unspecified atom stereocenters. The molecular weight excluding hydrogens is 532 g/mol. The zero-order valence-corrected chi connectivity index (χ0v) is 25.5. The minimum absolute atomic E-state index is 0.132. The van der Waals surface area contributed by atoms with Crippen molar-refractivity contribution in [2.45, 2.75) is 91.5 Å². The van der Waals surface area contributed by atoms with Gasteiger partial charge in [-0.2, -0.15) is 0 Å². The molecule has 3 saturated carbocycles. The smallest absolute Gasteiger partial charge is 0.328 e. The van der Waals surface area contributed by atoms with E-state index in [0.717, 1.165) is 43.4 Å². The van der Waals surface area contributed by atoms with Gasteiger partial charge in [-0.1, -0.05) is 36.7 Å². The first-order chi connectivity index (χ1) is 20.0. The first kappa shape index (κ1) is 30.3. The highest BCUT2D eigenvalue weighted by molar-refractivity contribution is 5.96. The monoisotopic (exact) mass is 578 g/mol. The Morgan fingerprint density at radius 1 is 1.05 bits per heavy atom. The molecule has 0 radical (unpaired) electrons. The van der Waals surface area contributed by atoms with E-state index < -0.39 is 17.9 Å². The first-order valence-electron chi connectivity index (χ1n) is 15.7. The topological polar surface area (TPSA) is 114 Å². The van der Waals surface area contributed by atoms with Crippen molar-refractivity contribution in [3.05, 3.63) is 41.5 Å². The van der Waals surface area contributed by atoms with Crippen LogP contribution in [-0.2, 0) is 30.4 Å². The standard InChI is InChI=1S/C34H46N2O6/c1-5-41-32(40)30(18-22-6-9-25(38)10-7-22)35-31(39)20-42-36-24-14-16-33(3)23(19-24)8-11-26-28-13-12-27(21(2)37)34(28,4)17-15-29(26)33/h6-7,9-10,19,26-30,38H,5,8,11-18,20H2,1-4H3,(H,35,39)/t26-,27-,28+,29-,30+,33+,34-/m1/s1. The van der Waals surface area contributed by atoms with Crippen LogP contribution >= 0.6 is 0 Å². The predicted molar refractivity (Wildman–Crippen MR) is 160 cm³/mol. The van der Waals surface area contributed by atoms with E-state index in [1.54, 1.807) is 38.1 Å². The highest BCUT2D eigenvalue weighted by atomic mass is 16.6. The molecule has 228 valence electrons. The number of oxime groups is 1. The van der Waals surface area contributed by atoms with Gasteiger partial charge in [0.25, 0.3) is 5.91 Å². The number of nitrogens with one attached hydrogen (secondary N) is 1. The van der Waals surface area contributed by atoms with E-state index >= 15 is 0 Å². The maximum atomic E-state index is 12.7. The average molecular weight is 579 g/mol. The zero-order chi connectivity index (χ0) is 30.1. The van der Waals surface area contributed by atoms with Crippen LogP contribution in [0.5, 0.6) is 5.75 Å². The summed E-state index contributed by atoms with van der Waals surface area (Å²) in [6.45, 7) is 8.25. The van der Waals surface area contributed by atoms with E-state index in [-0.39, 0.29) is 42.1 Å². The molecule has 0 aliphatic heterocycles. The molecule has 1 aromatic rings. The number of aromatic hydroxyl groups is 1. The van der Waals surface area contributed by atoms with Gasteiger partial charge in [0.05, 0.1) is 12.3 Å². The molecule has 0 bridgehead atoms. The van der Waals surface area contributed by atoms with Crippen LogP contribution in [0.2, 0.25) is 0 Å². The Balaban J connectivity index is 1.19. The van der Waals surface area contributed by atoms with Crippen LogP contribution in [0.1, 0.15) is 84.6 Å². The summed E-state index contributed by atoms with van der Waals surface area (Å²) in [5, 5.41) is 16.6. The molecular formula is C34H46N2O6. The first-order valence-corrected chi connectivity index (χ1v) is 15.7. The summed E-state index contributed by atoms with van der Waals surface area (Å²) in [7, 11) is 0. The van der Waals surface area contributed by atoms with Gasteiger partial charge in [0.1, 0.15) is 17.6 Å². The number of hydrogen-bond acceptors (Lipinski definition) is 7. The molecule has 0 saturated heterocycles. The lowest BCUT2D eigenvalue weighted by Crippen LogP contribution is -2.51. The number of fused-ring (bicyclic) bond motifs is 5. The number of Topliss-reactive ketones (excluding diaryl/α,β-unsaturated/α-hetero) is 1. The third-order valence-corrected chi connectivity index (χ3v) is 11.1. The van der Waals surface area contributed by atoms with Crippen molar-refractivity contribution < 1.29 is 29.1 Å². The van der Waals surface area contributed by atoms with Crippen LogP contribution in [0, 0.1) is 34.5 Å². The molecule has 0 aromatic heterocycles. The number of phenols is 1. The van der Waals surface area contributed by atoms with Crippen molar-refractivity contribution in [1.82, 2.24) is 5.32 Å². The Labute approximate surface area is 249 Å². The molecule has 7 atom stereocenters. The third-order valence-electron chi connectivity index (χ3n) is 11.1. The number of carbonyl (C=O) groups excluding carboxylic acids is 3. The number of benzene rings is 1. The van der Waals surface area contributed by atoms with Gasteiger partial charge in [0.2, 0.25) is 0 Å². The van der Waals surface area contributed by atoms with Gasteiger partial charge in [0, 0.05) is 12.3 Å². The molecule has 0 heterocycles. The number of ether oxygens (including phenoxy) is 1. The zero-order valence-electron chi connectivity index (χ0n) is 25.5. The molecule has 4 aliphatic rings. The van der Waals surface area contributed by atoms with E-state index in [1.165, 1.54) is 24.8 Å². The summed E-state index contributed by atoms with van der Waals surface area (Å²) in [6.07, 6.45) is 11.0. The number of phenolic OH excluding ortho intramolecular Hbond substituents is 1. The maximum Gasteiger partial charge on any atom is 0.328 e. The lowest BCUT2D eigenvalue weighted by atomic mass is 9.46. The van der Waals surface area contributed by atoms with Crippen molar-refractivity contribution in [2.75, 3.05) is 13.2 Å². The van der Waals surface area contributed by atoms with Crippen LogP contribution in [0.3, 0.4) is 0 Å². The SMILES string of the molecule is CCOC(=O)[C@H](Cc1ccc(O)cc1)NC(=O)CON=C1C=C2CC[C@H]3[C@@H](CC[C@]4(C)[C@@H](C(C)=O)CC[C@@H]34)[C@@]2(C)CC1. The van der Waals surface area contributed by atoms with Gasteiger partial charge in [-0.3, -0.25) is 9.59 Å². The Bertz CT molecular complexity index is 1250. The molecule has 3 fully saturated rings. The molecule has 4 aliphatic carbocycles. The highest BCUT2D eigenvalue weighted by Crippen LogP contribution is 2.66. The molecule has 1 amide bonds. The van der Waals surface area contributed by atoms with Gasteiger partial charge in [-0.25, -0.2) is 4.79 Å². The molecule has 42 heavy (non-hydrogen) atoms. The lowest BCUT2D eigenvalue weighted by Gasteiger charge is -2.58. The molecule has 2 N–H and O–H groups in total. The van der Waals surface area contributed by atoms with Crippen LogP contribution in [0.15, 0.2) is 41.1 Å². The van der Waals surface area contributed by atoms with Gasteiger partial charge >= 0.3 is 5.97 Å². The fourth-order valence-electron chi connectivity index (χ4n) is 9.02.